The van der Waals surface area contributed by atoms with Crippen LogP contribution < -0.4 is 5.32 Å². The van der Waals surface area contributed by atoms with Crippen molar-refractivity contribution in [3.05, 3.63) is 24.3 Å². The highest BCUT2D eigenvalue weighted by atomic mass is 16.5. The number of carbonyl (C=O) groups is 2. The van der Waals surface area contributed by atoms with Crippen LogP contribution in [-0.4, -0.2) is 47.4 Å². The van der Waals surface area contributed by atoms with Crippen molar-refractivity contribution in [2.75, 3.05) is 13.2 Å². The zero-order chi connectivity index (χ0) is 43.7. The van der Waals surface area contributed by atoms with Gasteiger partial charge in [0.1, 0.15) is 0 Å². The number of nitrogens with one attached hydrogen (secondary N) is 1. The van der Waals surface area contributed by atoms with E-state index in [1.807, 2.05) is 6.08 Å². The summed E-state index contributed by atoms with van der Waals surface area (Å²) in [4.78, 5) is 24.5. The topological polar surface area (TPSA) is 95.9 Å². The van der Waals surface area contributed by atoms with Crippen molar-refractivity contribution in [2.45, 2.75) is 296 Å². The maximum atomic E-state index is 12.4. The lowest BCUT2D eigenvalue weighted by Gasteiger charge is -2.20. The molecule has 1 amide bonds. The second-order valence-corrected chi connectivity index (χ2v) is 18.2. The molecule has 0 heterocycles. The number of hydrogen-bond donors (Lipinski definition) is 3. The average molecular weight is 846 g/mol. The minimum atomic E-state index is -0.862. The minimum Gasteiger partial charge on any atom is -0.466 e. The van der Waals surface area contributed by atoms with Gasteiger partial charge < -0.3 is 20.3 Å². The van der Waals surface area contributed by atoms with Crippen LogP contribution >= 0.6 is 0 Å². The minimum absolute atomic E-state index is 0.0296. The first-order valence-electron chi connectivity index (χ1n) is 26.6. The van der Waals surface area contributed by atoms with Gasteiger partial charge in [-0.25, -0.2) is 0 Å². The maximum absolute atomic E-state index is 12.4. The van der Waals surface area contributed by atoms with Crippen LogP contribution in [0.25, 0.3) is 0 Å². The molecule has 60 heavy (non-hydrogen) atoms. The Kier molecular flexibility index (Phi) is 48.6. The fraction of sp³-hybridized carbons (Fsp3) is 0.889. The standard InChI is InChI=1S/C54H103NO5/c1-3-5-7-9-11-13-15-17-19-21-23-26-30-34-38-42-46-52(57)51(50-56)55-53(58)47-43-39-35-31-27-25-29-33-37-41-45-49-60-54(59)48-44-40-36-32-28-24-22-20-18-16-14-12-10-8-6-4-2/h29,33,42,46,51-52,56-57H,3-28,30-32,34-41,43-45,47-50H2,1-2H3,(H,55,58)/b33-29-,46-42+. The van der Waals surface area contributed by atoms with E-state index in [9.17, 15) is 19.8 Å². The number of rotatable bonds is 49. The molecule has 3 N–H and O–H groups in total. The molecule has 2 unspecified atom stereocenters. The van der Waals surface area contributed by atoms with Crippen LogP contribution in [0.2, 0.25) is 0 Å². The Bertz CT molecular complexity index is 935. The maximum Gasteiger partial charge on any atom is 0.305 e. The molecule has 0 aliphatic heterocycles. The van der Waals surface area contributed by atoms with Crippen LogP contribution in [0.3, 0.4) is 0 Å². The SMILES string of the molecule is CCCCCCCCCCCCCCCC/C=C/C(O)C(CO)NC(=O)CCCCCCC/C=C\CCCCOC(=O)CCCCCCCCCCCCCCCCCC. The van der Waals surface area contributed by atoms with Crippen molar-refractivity contribution < 1.29 is 24.5 Å². The molecule has 0 aliphatic rings. The van der Waals surface area contributed by atoms with Crippen LogP contribution in [0.1, 0.15) is 284 Å². The Balaban J connectivity index is 3.53. The van der Waals surface area contributed by atoms with E-state index in [1.54, 1.807) is 6.08 Å². The molecule has 0 aromatic carbocycles. The molecule has 0 fully saturated rings. The summed E-state index contributed by atoms with van der Waals surface area (Å²) in [6.45, 7) is 4.83. The number of ether oxygens (including phenoxy) is 1. The Morgan fingerprint density at radius 3 is 1.18 bits per heavy atom. The van der Waals surface area contributed by atoms with Crippen LogP contribution in [0.15, 0.2) is 24.3 Å². The largest absolute Gasteiger partial charge is 0.466 e. The summed E-state index contributed by atoms with van der Waals surface area (Å²) in [5.74, 6) is -0.125. The molecule has 0 saturated carbocycles. The number of hydrogen-bond acceptors (Lipinski definition) is 5. The van der Waals surface area contributed by atoms with Crippen molar-refractivity contribution in [2.24, 2.45) is 0 Å². The van der Waals surface area contributed by atoms with E-state index >= 15 is 0 Å². The Morgan fingerprint density at radius 2 is 0.783 bits per heavy atom. The molecule has 0 aromatic rings. The summed E-state index contributed by atoms with van der Waals surface area (Å²) in [5.41, 5.74) is 0. The molecule has 0 rings (SSSR count). The lowest BCUT2D eigenvalue weighted by molar-refractivity contribution is -0.143. The van der Waals surface area contributed by atoms with Gasteiger partial charge in [0.2, 0.25) is 5.91 Å². The van der Waals surface area contributed by atoms with E-state index < -0.39 is 12.1 Å². The van der Waals surface area contributed by atoms with E-state index in [2.05, 4.69) is 31.3 Å². The summed E-state index contributed by atoms with van der Waals surface area (Å²) >= 11 is 0. The molecule has 0 aromatic heterocycles. The second kappa shape index (κ2) is 50.0. The highest BCUT2D eigenvalue weighted by Gasteiger charge is 2.18. The van der Waals surface area contributed by atoms with Gasteiger partial charge in [-0.15, -0.1) is 0 Å². The van der Waals surface area contributed by atoms with Gasteiger partial charge in [0, 0.05) is 12.8 Å². The number of aliphatic hydroxyl groups excluding tert-OH is 2. The van der Waals surface area contributed by atoms with Gasteiger partial charge in [-0.2, -0.15) is 0 Å². The van der Waals surface area contributed by atoms with Gasteiger partial charge in [0.05, 0.1) is 25.4 Å². The van der Waals surface area contributed by atoms with Crippen LogP contribution in [0.4, 0.5) is 0 Å². The number of unbranched alkanes of at least 4 members (excludes halogenated alkanes) is 36. The number of esters is 1. The van der Waals surface area contributed by atoms with E-state index in [1.165, 1.54) is 173 Å². The monoisotopic (exact) mass is 846 g/mol. The summed E-state index contributed by atoms with van der Waals surface area (Å²) in [6, 6.07) is -0.648. The number of carbonyl (C=O) groups excluding carboxylic acids is 2. The van der Waals surface area contributed by atoms with Crippen molar-refractivity contribution >= 4 is 11.9 Å². The Morgan fingerprint density at radius 1 is 0.450 bits per heavy atom. The fourth-order valence-electron chi connectivity index (χ4n) is 8.10. The first-order chi connectivity index (χ1) is 29.5. The van der Waals surface area contributed by atoms with Gasteiger partial charge >= 0.3 is 5.97 Å². The Hall–Kier alpha value is -1.66. The molecule has 0 aliphatic carbocycles. The van der Waals surface area contributed by atoms with Gasteiger partial charge in [-0.3, -0.25) is 9.59 Å². The first kappa shape index (κ1) is 58.3. The van der Waals surface area contributed by atoms with Crippen molar-refractivity contribution in [3.8, 4) is 0 Å². The highest BCUT2D eigenvalue weighted by molar-refractivity contribution is 5.76. The first-order valence-corrected chi connectivity index (χ1v) is 26.6. The van der Waals surface area contributed by atoms with Crippen molar-refractivity contribution in [1.29, 1.82) is 0 Å². The van der Waals surface area contributed by atoms with E-state index in [0.717, 1.165) is 83.5 Å². The number of amides is 1. The quantitative estimate of drug-likeness (QED) is 0.0322. The molecule has 0 radical (unpaired) electrons. The third kappa shape index (κ3) is 45.9. The molecule has 6 nitrogen and oxygen atoms in total. The fourth-order valence-corrected chi connectivity index (χ4v) is 8.10. The zero-order valence-corrected chi connectivity index (χ0v) is 40.2. The third-order valence-corrected chi connectivity index (χ3v) is 12.2. The van der Waals surface area contributed by atoms with Gasteiger partial charge in [-0.1, -0.05) is 237 Å². The van der Waals surface area contributed by atoms with E-state index in [0.29, 0.717) is 19.4 Å². The molecule has 0 saturated heterocycles. The molecule has 354 valence electrons. The number of aliphatic hydroxyl groups is 2. The van der Waals surface area contributed by atoms with Gasteiger partial charge in [0.25, 0.3) is 0 Å². The lowest BCUT2D eigenvalue weighted by Crippen LogP contribution is -2.45. The number of allylic oxidation sites excluding steroid dienone is 3. The molecular formula is C54H103NO5. The van der Waals surface area contributed by atoms with Crippen LogP contribution in [-0.2, 0) is 14.3 Å². The summed E-state index contributed by atoms with van der Waals surface area (Å²) < 4.78 is 5.44. The predicted octanol–water partition coefficient (Wildman–Crippen LogP) is 15.9. The van der Waals surface area contributed by atoms with Crippen molar-refractivity contribution in [1.82, 2.24) is 5.32 Å². The average Bonchev–Trinajstić information content (AvgIpc) is 3.25. The zero-order valence-electron chi connectivity index (χ0n) is 40.2. The van der Waals surface area contributed by atoms with Gasteiger partial charge in [0.15, 0.2) is 0 Å². The van der Waals surface area contributed by atoms with Crippen LogP contribution in [0, 0.1) is 0 Å². The van der Waals surface area contributed by atoms with Gasteiger partial charge in [-0.05, 0) is 57.8 Å². The molecule has 2 atom stereocenters. The summed E-state index contributed by atoms with van der Waals surface area (Å²) in [7, 11) is 0. The molecule has 0 bridgehead atoms. The molecular weight excluding hydrogens is 743 g/mol. The van der Waals surface area contributed by atoms with E-state index in [-0.39, 0.29) is 18.5 Å². The summed E-state index contributed by atoms with van der Waals surface area (Å²) in [6.07, 6.45) is 59.0. The van der Waals surface area contributed by atoms with E-state index in [4.69, 9.17) is 4.74 Å². The lowest BCUT2D eigenvalue weighted by atomic mass is 10.0. The molecule has 6 heteroatoms. The predicted molar refractivity (Wildman–Crippen MR) is 260 cm³/mol. The van der Waals surface area contributed by atoms with Crippen molar-refractivity contribution in [3.63, 3.8) is 0 Å². The smallest absolute Gasteiger partial charge is 0.305 e. The third-order valence-electron chi connectivity index (χ3n) is 12.2. The Labute approximate surface area is 373 Å². The normalized spacial score (nSPS) is 12.8. The summed E-state index contributed by atoms with van der Waals surface area (Å²) in [5, 5.41) is 23.1. The molecule has 0 spiro atoms. The van der Waals surface area contributed by atoms with Crippen LogP contribution in [0.5, 0.6) is 0 Å². The second-order valence-electron chi connectivity index (χ2n) is 18.2. The highest BCUT2D eigenvalue weighted by Crippen LogP contribution is 2.16.